The molecule has 0 bridgehead atoms. The van der Waals surface area contributed by atoms with E-state index < -0.39 is 61.9 Å². The highest BCUT2D eigenvalue weighted by molar-refractivity contribution is 7.92. The number of ketones is 1. The first kappa shape index (κ1) is 40.9. The molecular formula is C42H61N5O7S. The molecule has 55 heavy (non-hydrogen) atoms. The van der Waals surface area contributed by atoms with E-state index in [-0.39, 0.29) is 47.3 Å². The third kappa shape index (κ3) is 8.51. The summed E-state index contributed by atoms with van der Waals surface area (Å²) >= 11 is 0. The molecule has 0 spiro atoms. The molecule has 302 valence electrons. The van der Waals surface area contributed by atoms with E-state index >= 15 is 0 Å². The van der Waals surface area contributed by atoms with Crippen LogP contribution in [-0.4, -0.2) is 90.1 Å². The van der Waals surface area contributed by atoms with E-state index in [4.69, 9.17) is 0 Å². The summed E-state index contributed by atoms with van der Waals surface area (Å²) in [5, 5.41) is 11.6. The number of rotatable bonds is 14. The van der Waals surface area contributed by atoms with Crippen molar-refractivity contribution < 1.29 is 32.4 Å². The van der Waals surface area contributed by atoms with Crippen LogP contribution in [-0.2, 0) is 41.9 Å². The second-order valence-corrected chi connectivity index (χ2v) is 21.3. The molecule has 1 unspecified atom stereocenters. The van der Waals surface area contributed by atoms with E-state index in [1.807, 2.05) is 24.3 Å². The summed E-state index contributed by atoms with van der Waals surface area (Å²) in [6.07, 6.45) is 9.36. The molecule has 13 heteroatoms. The largest absolute Gasteiger partial charge is 0.346 e. The Labute approximate surface area is 326 Å². The lowest BCUT2D eigenvalue weighted by atomic mass is 9.80. The van der Waals surface area contributed by atoms with Gasteiger partial charge in [-0.2, -0.15) is 0 Å². The van der Waals surface area contributed by atoms with E-state index in [1.54, 1.807) is 25.7 Å². The van der Waals surface area contributed by atoms with Crippen molar-refractivity contribution in [2.45, 2.75) is 134 Å². The highest BCUT2D eigenvalue weighted by Crippen LogP contribution is 2.65. The Morgan fingerprint density at radius 3 is 2.16 bits per heavy atom. The molecule has 1 aromatic rings. The van der Waals surface area contributed by atoms with Gasteiger partial charge in [-0.05, 0) is 93.1 Å². The first-order chi connectivity index (χ1) is 25.9. The first-order valence-electron chi connectivity index (χ1n) is 20.3. The molecule has 5 amide bonds. The highest BCUT2D eigenvalue weighted by atomic mass is 32.2. The van der Waals surface area contributed by atoms with E-state index in [0.717, 1.165) is 49.7 Å². The number of nitrogens with zero attached hydrogens (tertiary/aromatic N) is 1. The average molecular weight is 780 g/mol. The molecule has 1 saturated heterocycles. The summed E-state index contributed by atoms with van der Waals surface area (Å²) in [5.41, 5.74) is 1.00. The third-order valence-corrected chi connectivity index (χ3v) is 16.3. The molecule has 4 N–H and O–H groups in total. The standard InChI is InChI=1S/C42H61N5O7S/c1-7-20-43-37(50)35(48)31(21-26-14-13-15-26)44-36(49)34-32-30(41(32,5)6)24-47(34)38(51)33(29-22-27-16-9-10-17-28(27)23-29)45-39(52)46-42(18-11-8-12-19-42)25-55(53,54)40(2,3)4/h7,9-10,16-17,26,29-34H,1,8,11-15,18-25H2,2-6H3,(H,43,50)(H,44,49)(H2,45,46,52)/t30-,31?,32-,33-,34-/m0/s1. The van der Waals surface area contributed by atoms with E-state index in [9.17, 15) is 32.4 Å². The second-order valence-electron chi connectivity index (χ2n) is 18.6. The summed E-state index contributed by atoms with van der Waals surface area (Å²) in [5.74, 6) is -2.72. The van der Waals surface area contributed by atoms with Gasteiger partial charge in [0.05, 0.1) is 22.1 Å². The van der Waals surface area contributed by atoms with Crippen LogP contribution in [0.1, 0.15) is 104 Å². The van der Waals surface area contributed by atoms with E-state index in [1.165, 1.54) is 6.08 Å². The number of Topliss-reactive ketones (excluding diaryl/α,β-unsaturated/α-hetero) is 1. The van der Waals surface area contributed by atoms with Crippen molar-refractivity contribution in [2.75, 3.05) is 18.8 Å². The number of urea groups is 1. The fraction of sp³-hybridized carbons (Fsp3) is 0.690. The van der Waals surface area contributed by atoms with Gasteiger partial charge in [0.15, 0.2) is 9.84 Å². The first-order valence-corrected chi connectivity index (χ1v) is 21.9. The minimum atomic E-state index is -3.59. The number of piperidine rings is 1. The molecule has 1 heterocycles. The summed E-state index contributed by atoms with van der Waals surface area (Å²) in [7, 11) is -3.59. The Balaban J connectivity index is 1.26. The zero-order valence-electron chi connectivity index (χ0n) is 33.2. The van der Waals surface area contributed by atoms with Gasteiger partial charge >= 0.3 is 6.03 Å². The van der Waals surface area contributed by atoms with Crippen LogP contribution in [0.5, 0.6) is 0 Å². The SMILES string of the molecule is C=CCNC(=O)C(=O)C(CC1CCC1)NC(=O)[C@@H]1[C@@H]2[C@H](CN1C(=O)[C@@H](NC(=O)NC1(CS(=O)(=O)C(C)(C)C)CCCCC1)C1Cc3ccccc3C1)C2(C)C. The van der Waals surface area contributed by atoms with Gasteiger partial charge in [0, 0.05) is 13.1 Å². The molecule has 3 saturated carbocycles. The number of benzene rings is 1. The minimum Gasteiger partial charge on any atom is -0.346 e. The van der Waals surface area contributed by atoms with Gasteiger partial charge in [0.1, 0.15) is 12.1 Å². The Bertz CT molecular complexity index is 1770. The Morgan fingerprint density at radius 2 is 1.60 bits per heavy atom. The molecule has 5 aliphatic rings. The van der Waals surface area contributed by atoms with Crippen LogP contribution >= 0.6 is 0 Å². The third-order valence-electron chi connectivity index (χ3n) is 13.5. The summed E-state index contributed by atoms with van der Waals surface area (Å²) < 4.78 is 26.0. The Morgan fingerprint density at radius 1 is 0.964 bits per heavy atom. The van der Waals surface area contributed by atoms with Crippen LogP contribution in [0.25, 0.3) is 0 Å². The lowest BCUT2D eigenvalue weighted by molar-refractivity contribution is -0.144. The number of likely N-dealkylation sites (tertiary alicyclic amines) is 1. The Kier molecular flexibility index (Phi) is 11.6. The number of nitrogens with one attached hydrogen (secondary N) is 4. The summed E-state index contributed by atoms with van der Waals surface area (Å²) in [6.45, 7) is 13.2. The van der Waals surface area contributed by atoms with Gasteiger partial charge < -0.3 is 26.2 Å². The van der Waals surface area contributed by atoms with Crippen LogP contribution in [0.3, 0.4) is 0 Å². The zero-order valence-corrected chi connectivity index (χ0v) is 34.1. The molecule has 0 aromatic heterocycles. The normalized spacial score (nSPS) is 25.3. The van der Waals surface area contributed by atoms with Gasteiger partial charge in [-0.1, -0.05) is 82.7 Å². The van der Waals surface area contributed by atoms with Crippen molar-refractivity contribution in [1.29, 1.82) is 0 Å². The number of hydrogen-bond acceptors (Lipinski definition) is 7. The number of fused-ring (bicyclic) bond motifs is 2. The van der Waals surface area contributed by atoms with Crippen molar-refractivity contribution in [3.63, 3.8) is 0 Å². The smallest absolute Gasteiger partial charge is 0.315 e. The second kappa shape index (κ2) is 15.7. The lowest BCUT2D eigenvalue weighted by Crippen LogP contribution is -2.63. The van der Waals surface area contributed by atoms with Gasteiger partial charge in [-0.25, -0.2) is 13.2 Å². The molecule has 6 rings (SSSR count). The molecule has 1 aliphatic heterocycles. The molecule has 4 aliphatic carbocycles. The van der Waals surface area contributed by atoms with Gasteiger partial charge in [-0.15, -0.1) is 6.58 Å². The van der Waals surface area contributed by atoms with Crippen LogP contribution < -0.4 is 21.3 Å². The Hall–Kier alpha value is -3.74. The van der Waals surface area contributed by atoms with Crippen molar-refractivity contribution >= 4 is 39.4 Å². The van der Waals surface area contributed by atoms with Crippen LogP contribution in [0.15, 0.2) is 36.9 Å². The maximum atomic E-state index is 15.0. The van der Waals surface area contributed by atoms with Crippen molar-refractivity contribution in [3.8, 4) is 0 Å². The van der Waals surface area contributed by atoms with E-state index in [0.29, 0.717) is 38.6 Å². The maximum absolute atomic E-state index is 15.0. The average Bonchev–Trinajstić information content (AvgIpc) is 3.46. The van der Waals surface area contributed by atoms with Crippen molar-refractivity contribution in [3.05, 3.63) is 48.0 Å². The molecule has 4 fully saturated rings. The van der Waals surface area contributed by atoms with Crippen LogP contribution in [0.2, 0.25) is 0 Å². The quantitative estimate of drug-likeness (QED) is 0.163. The molecule has 5 atom stereocenters. The summed E-state index contributed by atoms with van der Waals surface area (Å²) in [4.78, 5) is 71.4. The molecule has 1 aromatic carbocycles. The predicted molar refractivity (Wildman–Crippen MR) is 211 cm³/mol. The molecular weight excluding hydrogens is 719 g/mol. The van der Waals surface area contributed by atoms with Crippen molar-refractivity contribution in [1.82, 2.24) is 26.2 Å². The fourth-order valence-corrected chi connectivity index (χ4v) is 11.2. The molecule has 0 radical (unpaired) electrons. The van der Waals surface area contributed by atoms with Crippen LogP contribution in [0, 0.1) is 29.1 Å². The maximum Gasteiger partial charge on any atom is 0.315 e. The summed E-state index contributed by atoms with van der Waals surface area (Å²) in [6, 6.07) is 4.45. The van der Waals surface area contributed by atoms with Gasteiger partial charge in [0.2, 0.25) is 17.6 Å². The predicted octanol–water partition coefficient (Wildman–Crippen LogP) is 4.01. The zero-order chi connectivity index (χ0) is 39.9. The number of hydrogen-bond donors (Lipinski definition) is 4. The fourth-order valence-electron chi connectivity index (χ4n) is 9.69. The van der Waals surface area contributed by atoms with Gasteiger partial charge in [-0.3, -0.25) is 19.2 Å². The highest BCUT2D eigenvalue weighted by Gasteiger charge is 2.70. The number of carbonyl (C=O) groups excluding carboxylic acids is 5. The number of amides is 5. The lowest BCUT2D eigenvalue weighted by Gasteiger charge is -2.40. The monoisotopic (exact) mass is 779 g/mol. The van der Waals surface area contributed by atoms with Gasteiger partial charge in [0.25, 0.3) is 5.91 Å². The minimum absolute atomic E-state index is 0.0484. The number of sulfone groups is 1. The number of carbonyl (C=O) groups is 5. The van der Waals surface area contributed by atoms with Crippen molar-refractivity contribution in [2.24, 2.45) is 29.1 Å². The van der Waals surface area contributed by atoms with E-state index in [2.05, 4.69) is 41.7 Å². The molecule has 12 nitrogen and oxygen atoms in total. The topological polar surface area (TPSA) is 171 Å². The van der Waals surface area contributed by atoms with Crippen LogP contribution in [0.4, 0.5) is 4.79 Å².